The molecule has 5 heteroatoms. The number of carbonyl (C=O) groups is 1. The van der Waals surface area contributed by atoms with Crippen molar-refractivity contribution in [2.75, 3.05) is 0 Å². The topological polar surface area (TPSA) is 45.8 Å². The minimum atomic E-state index is -0.555. The zero-order chi connectivity index (χ0) is 17.2. The SMILES string of the molecule is O=C(c1ccccc1F)N1N=C(c2ccco2)CC1c1ccccc1. The van der Waals surface area contributed by atoms with E-state index in [1.165, 1.54) is 17.1 Å². The molecule has 25 heavy (non-hydrogen) atoms. The molecule has 1 atom stereocenters. The van der Waals surface area contributed by atoms with Gasteiger partial charge in [-0.05, 0) is 29.8 Å². The maximum atomic E-state index is 14.1. The molecule has 0 aliphatic carbocycles. The Morgan fingerprint density at radius 1 is 1.04 bits per heavy atom. The van der Waals surface area contributed by atoms with Gasteiger partial charge in [-0.2, -0.15) is 5.10 Å². The highest BCUT2D eigenvalue weighted by atomic mass is 19.1. The van der Waals surface area contributed by atoms with Gasteiger partial charge >= 0.3 is 0 Å². The minimum absolute atomic E-state index is 0.00729. The van der Waals surface area contributed by atoms with Crippen LogP contribution in [0, 0.1) is 5.82 Å². The lowest BCUT2D eigenvalue weighted by atomic mass is 10.0. The molecule has 4 rings (SSSR count). The van der Waals surface area contributed by atoms with Gasteiger partial charge in [0.05, 0.1) is 17.9 Å². The molecule has 0 N–H and O–H groups in total. The highest BCUT2D eigenvalue weighted by molar-refractivity contribution is 6.03. The minimum Gasteiger partial charge on any atom is -0.463 e. The second kappa shape index (κ2) is 6.36. The summed E-state index contributed by atoms with van der Waals surface area (Å²) in [4.78, 5) is 12.9. The molecule has 0 bridgehead atoms. The standard InChI is InChI=1S/C20H15FN2O2/c21-16-10-5-4-9-15(16)20(24)23-18(14-7-2-1-3-8-14)13-17(22-23)19-11-6-12-25-19/h1-12,18H,13H2. The van der Waals surface area contributed by atoms with Crippen LogP contribution >= 0.6 is 0 Å². The summed E-state index contributed by atoms with van der Waals surface area (Å²) in [6.45, 7) is 0. The normalized spacial score (nSPS) is 16.8. The third-order valence-corrected chi connectivity index (χ3v) is 4.21. The summed E-state index contributed by atoms with van der Waals surface area (Å²) in [5.74, 6) is -0.403. The molecule has 1 amide bonds. The molecular formula is C20H15FN2O2. The van der Waals surface area contributed by atoms with Crippen LogP contribution in [0.3, 0.4) is 0 Å². The summed E-state index contributed by atoms with van der Waals surface area (Å²) in [6, 6.07) is 18.8. The van der Waals surface area contributed by atoms with E-state index in [-0.39, 0.29) is 11.6 Å². The average Bonchev–Trinajstić information content (AvgIpc) is 3.32. The summed E-state index contributed by atoms with van der Waals surface area (Å²) < 4.78 is 19.5. The van der Waals surface area contributed by atoms with Crippen molar-refractivity contribution < 1.29 is 13.6 Å². The molecule has 2 aromatic carbocycles. The zero-order valence-corrected chi connectivity index (χ0v) is 13.3. The summed E-state index contributed by atoms with van der Waals surface area (Å²) in [5.41, 5.74) is 1.62. The lowest BCUT2D eigenvalue weighted by molar-refractivity contribution is 0.0706. The molecule has 0 saturated carbocycles. The number of carbonyl (C=O) groups excluding carboxylic acids is 1. The first-order valence-corrected chi connectivity index (χ1v) is 7.98. The van der Waals surface area contributed by atoms with E-state index in [0.29, 0.717) is 17.9 Å². The molecular weight excluding hydrogens is 319 g/mol. The van der Waals surface area contributed by atoms with Crippen molar-refractivity contribution in [1.82, 2.24) is 5.01 Å². The number of hydrazone groups is 1. The second-order valence-electron chi connectivity index (χ2n) is 5.78. The number of hydrogen-bond donors (Lipinski definition) is 0. The Balaban J connectivity index is 1.75. The Hall–Kier alpha value is -3.21. The maximum absolute atomic E-state index is 14.1. The van der Waals surface area contributed by atoms with E-state index in [1.54, 1.807) is 30.5 Å². The Bertz CT molecular complexity index is 920. The van der Waals surface area contributed by atoms with Gasteiger partial charge in [-0.3, -0.25) is 4.79 Å². The lowest BCUT2D eigenvalue weighted by Crippen LogP contribution is -2.27. The average molecular weight is 334 g/mol. The van der Waals surface area contributed by atoms with Crippen molar-refractivity contribution in [3.05, 3.63) is 95.7 Å². The number of benzene rings is 2. The van der Waals surface area contributed by atoms with Crippen LogP contribution < -0.4 is 0 Å². The van der Waals surface area contributed by atoms with Crippen molar-refractivity contribution in [3.8, 4) is 0 Å². The van der Waals surface area contributed by atoms with E-state index in [2.05, 4.69) is 5.10 Å². The molecule has 124 valence electrons. The Kier molecular flexibility index (Phi) is 3.90. The van der Waals surface area contributed by atoms with Crippen LogP contribution in [-0.4, -0.2) is 16.6 Å². The Morgan fingerprint density at radius 3 is 2.52 bits per heavy atom. The first-order chi connectivity index (χ1) is 12.2. The highest BCUT2D eigenvalue weighted by Gasteiger charge is 2.35. The summed E-state index contributed by atoms with van der Waals surface area (Å²) in [5, 5.41) is 5.80. The zero-order valence-electron chi connectivity index (χ0n) is 13.3. The first-order valence-electron chi connectivity index (χ1n) is 7.98. The van der Waals surface area contributed by atoms with Crippen LogP contribution in [0.15, 0.2) is 82.5 Å². The van der Waals surface area contributed by atoms with E-state index < -0.39 is 11.7 Å². The van der Waals surface area contributed by atoms with Crippen LogP contribution in [0.2, 0.25) is 0 Å². The summed E-state index contributed by atoms with van der Waals surface area (Å²) in [6.07, 6.45) is 2.08. The molecule has 3 aromatic rings. The van der Waals surface area contributed by atoms with Crippen molar-refractivity contribution in [3.63, 3.8) is 0 Å². The van der Waals surface area contributed by atoms with Crippen LogP contribution in [0.25, 0.3) is 0 Å². The fraction of sp³-hybridized carbons (Fsp3) is 0.100. The van der Waals surface area contributed by atoms with Crippen molar-refractivity contribution >= 4 is 11.6 Å². The number of nitrogens with zero attached hydrogens (tertiary/aromatic N) is 2. The molecule has 1 aliphatic rings. The van der Waals surface area contributed by atoms with Gasteiger partial charge in [0.25, 0.3) is 5.91 Å². The number of furan rings is 1. The first kappa shape index (κ1) is 15.3. The van der Waals surface area contributed by atoms with Crippen LogP contribution in [0.4, 0.5) is 4.39 Å². The largest absolute Gasteiger partial charge is 0.463 e. The maximum Gasteiger partial charge on any atom is 0.277 e. The van der Waals surface area contributed by atoms with Gasteiger partial charge in [0.2, 0.25) is 0 Å². The fourth-order valence-corrected chi connectivity index (χ4v) is 2.98. The Labute approximate surface area is 144 Å². The molecule has 1 aromatic heterocycles. The molecule has 0 radical (unpaired) electrons. The van der Waals surface area contributed by atoms with Gasteiger partial charge < -0.3 is 4.42 Å². The van der Waals surface area contributed by atoms with Crippen molar-refractivity contribution in [2.45, 2.75) is 12.5 Å². The quantitative estimate of drug-likeness (QED) is 0.712. The third kappa shape index (κ3) is 2.85. The van der Waals surface area contributed by atoms with Crippen LogP contribution in [-0.2, 0) is 0 Å². The van der Waals surface area contributed by atoms with E-state index in [4.69, 9.17) is 4.42 Å². The van der Waals surface area contributed by atoms with E-state index >= 15 is 0 Å². The molecule has 2 heterocycles. The molecule has 4 nitrogen and oxygen atoms in total. The smallest absolute Gasteiger partial charge is 0.277 e. The fourth-order valence-electron chi connectivity index (χ4n) is 2.98. The third-order valence-electron chi connectivity index (χ3n) is 4.21. The van der Waals surface area contributed by atoms with E-state index in [1.807, 2.05) is 30.3 Å². The molecule has 1 unspecified atom stereocenters. The van der Waals surface area contributed by atoms with E-state index in [0.717, 1.165) is 5.56 Å². The molecule has 0 saturated heterocycles. The van der Waals surface area contributed by atoms with Crippen LogP contribution in [0.1, 0.15) is 34.1 Å². The molecule has 0 fully saturated rings. The number of rotatable bonds is 3. The van der Waals surface area contributed by atoms with Crippen molar-refractivity contribution in [1.29, 1.82) is 0 Å². The summed E-state index contributed by atoms with van der Waals surface area (Å²) >= 11 is 0. The van der Waals surface area contributed by atoms with E-state index in [9.17, 15) is 9.18 Å². The van der Waals surface area contributed by atoms with Crippen LogP contribution in [0.5, 0.6) is 0 Å². The predicted molar refractivity (Wildman–Crippen MR) is 91.6 cm³/mol. The molecule has 0 spiro atoms. The number of amides is 1. The number of hydrogen-bond acceptors (Lipinski definition) is 3. The highest BCUT2D eigenvalue weighted by Crippen LogP contribution is 2.34. The monoisotopic (exact) mass is 334 g/mol. The Morgan fingerprint density at radius 2 is 1.80 bits per heavy atom. The van der Waals surface area contributed by atoms with Gasteiger partial charge in [0.15, 0.2) is 0 Å². The predicted octanol–water partition coefficient (Wildman–Crippen LogP) is 4.41. The van der Waals surface area contributed by atoms with Gasteiger partial charge in [-0.15, -0.1) is 0 Å². The lowest BCUT2D eigenvalue weighted by Gasteiger charge is -2.22. The van der Waals surface area contributed by atoms with Crippen molar-refractivity contribution in [2.24, 2.45) is 5.10 Å². The number of halogens is 1. The summed E-state index contributed by atoms with van der Waals surface area (Å²) in [7, 11) is 0. The van der Waals surface area contributed by atoms with Gasteiger partial charge in [-0.1, -0.05) is 42.5 Å². The van der Waals surface area contributed by atoms with Gasteiger partial charge in [0, 0.05) is 6.42 Å². The van der Waals surface area contributed by atoms with Gasteiger partial charge in [-0.25, -0.2) is 9.40 Å². The van der Waals surface area contributed by atoms with Gasteiger partial charge in [0.1, 0.15) is 17.3 Å². The molecule has 1 aliphatic heterocycles. The second-order valence-corrected chi connectivity index (χ2v) is 5.78.